The van der Waals surface area contributed by atoms with Gasteiger partial charge in [-0.25, -0.2) is 0 Å². The molecule has 0 N–H and O–H groups in total. The molecule has 0 saturated carbocycles. The number of rotatable bonds is 2. The van der Waals surface area contributed by atoms with E-state index in [0.717, 1.165) is 21.6 Å². The third kappa shape index (κ3) is 1.53. The Morgan fingerprint density at radius 3 is 3.06 bits per heavy atom. The quantitative estimate of drug-likeness (QED) is 0.680. The van der Waals surface area contributed by atoms with E-state index in [2.05, 4.69) is 15.3 Å². The van der Waals surface area contributed by atoms with E-state index in [4.69, 9.17) is 4.42 Å². The number of aryl methyl sites for hydroxylation is 1. The van der Waals surface area contributed by atoms with E-state index >= 15 is 0 Å². The van der Waals surface area contributed by atoms with Crippen molar-refractivity contribution in [2.45, 2.75) is 6.92 Å². The molecule has 0 aliphatic rings. The molecule has 3 aromatic rings. The first-order valence-electron chi connectivity index (χ1n) is 4.73. The van der Waals surface area contributed by atoms with Crippen LogP contribution < -0.4 is 0 Å². The van der Waals surface area contributed by atoms with Gasteiger partial charge in [-0.05, 0) is 31.2 Å². The van der Waals surface area contributed by atoms with Crippen LogP contribution in [-0.4, -0.2) is 19.8 Å². The van der Waals surface area contributed by atoms with Crippen molar-refractivity contribution in [1.29, 1.82) is 0 Å². The van der Waals surface area contributed by atoms with Crippen LogP contribution in [0.25, 0.3) is 17.1 Å². The molecule has 0 fully saturated rings. The number of hydrogen-bond acceptors (Lipinski definition) is 5. The summed E-state index contributed by atoms with van der Waals surface area (Å²) in [6, 6.07) is 3.74. The first-order chi connectivity index (χ1) is 7.83. The van der Waals surface area contributed by atoms with Gasteiger partial charge in [0.05, 0.1) is 6.26 Å². The van der Waals surface area contributed by atoms with Gasteiger partial charge >= 0.3 is 0 Å². The molecule has 0 radical (unpaired) electrons. The van der Waals surface area contributed by atoms with Gasteiger partial charge in [-0.2, -0.15) is 9.61 Å². The maximum Gasteiger partial charge on any atom is 0.234 e. The zero-order valence-electron chi connectivity index (χ0n) is 8.49. The van der Waals surface area contributed by atoms with Crippen LogP contribution in [0, 0.1) is 6.92 Å². The van der Waals surface area contributed by atoms with Crippen molar-refractivity contribution in [3.05, 3.63) is 35.0 Å². The summed E-state index contributed by atoms with van der Waals surface area (Å²) in [6.07, 6.45) is 5.42. The van der Waals surface area contributed by atoms with Gasteiger partial charge in [0.2, 0.25) is 4.96 Å². The summed E-state index contributed by atoms with van der Waals surface area (Å²) in [5.41, 5.74) is 0. The highest BCUT2D eigenvalue weighted by atomic mass is 32.1. The summed E-state index contributed by atoms with van der Waals surface area (Å²) >= 11 is 1.49. The highest BCUT2D eigenvalue weighted by molar-refractivity contribution is 7.17. The molecule has 0 saturated heterocycles. The summed E-state index contributed by atoms with van der Waals surface area (Å²) in [7, 11) is 0. The molecule has 3 aromatic heterocycles. The second kappa shape index (κ2) is 3.57. The molecule has 16 heavy (non-hydrogen) atoms. The number of fused-ring (bicyclic) bond motifs is 1. The molecule has 6 heteroatoms. The summed E-state index contributed by atoms with van der Waals surface area (Å²) in [4.78, 5) is 0.802. The Bertz CT molecular complexity index is 635. The third-order valence-corrected chi connectivity index (χ3v) is 2.96. The highest BCUT2D eigenvalue weighted by Crippen LogP contribution is 2.16. The Kier molecular flexibility index (Phi) is 2.07. The van der Waals surface area contributed by atoms with E-state index in [9.17, 15) is 0 Å². The van der Waals surface area contributed by atoms with Crippen LogP contribution in [-0.2, 0) is 0 Å². The molecule has 3 rings (SSSR count). The van der Waals surface area contributed by atoms with Crippen LogP contribution in [0.4, 0.5) is 0 Å². The van der Waals surface area contributed by atoms with Gasteiger partial charge < -0.3 is 4.42 Å². The first kappa shape index (κ1) is 9.29. The maximum atomic E-state index is 5.19. The molecular formula is C10H8N4OS. The zero-order valence-corrected chi connectivity index (χ0v) is 9.31. The maximum absolute atomic E-state index is 5.19. The van der Waals surface area contributed by atoms with Gasteiger partial charge in [0, 0.05) is 0 Å². The monoisotopic (exact) mass is 232 g/mol. The van der Waals surface area contributed by atoms with E-state index in [1.165, 1.54) is 11.3 Å². The molecule has 80 valence electrons. The largest absolute Gasteiger partial charge is 0.465 e. The third-order valence-electron chi connectivity index (χ3n) is 2.10. The van der Waals surface area contributed by atoms with Crippen LogP contribution in [0.5, 0.6) is 0 Å². The lowest BCUT2D eigenvalue weighted by atomic mass is 10.4. The molecule has 0 aliphatic carbocycles. The lowest BCUT2D eigenvalue weighted by Gasteiger charge is -1.83. The average molecular weight is 232 g/mol. The van der Waals surface area contributed by atoms with E-state index in [0.29, 0.717) is 0 Å². The summed E-state index contributed by atoms with van der Waals surface area (Å²) in [5, 5.41) is 13.2. The number of hydrogen-bond donors (Lipinski definition) is 0. The van der Waals surface area contributed by atoms with Crippen molar-refractivity contribution in [1.82, 2.24) is 19.8 Å². The van der Waals surface area contributed by atoms with Crippen molar-refractivity contribution < 1.29 is 4.42 Å². The second-order valence-electron chi connectivity index (χ2n) is 3.23. The Labute approximate surface area is 95.0 Å². The van der Waals surface area contributed by atoms with Gasteiger partial charge in [-0.15, -0.1) is 10.2 Å². The van der Waals surface area contributed by atoms with Crippen molar-refractivity contribution in [2.24, 2.45) is 0 Å². The van der Waals surface area contributed by atoms with E-state index < -0.39 is 0 Å². The fraction of sp³-hybridized carbons (Fsp3) is 0.100. The predicted molar refractivity (Wildman–Crippen MR) is 61.0 cm³/mol. The van der Waals surface area contributed by atoms with Gasteiger partial charge in [0.15, 0.2) is 5.82 Å². The van der Waals surface area contributed by atoms with Crippen molar-refractivity contribution >= 4 is 28.4 Å². The van der Waals surface area contributed by atoms with Crippen LogP contribution in [0.1, 0.15) is 16.6 Å². The highest BCUT2D eigenvalue weighted by Gasteiger charge is 2.05. The van der Waals surface area contributed by atoms with Crippen molar-refractivity contribution in [2.75, 3.05) is 0 Å². The number of nitrogens with zero attached hydrogens (tertiary/aromatic N) is 4. The molecule has 0 unspecified atom stereocenters. The molecule has 0 amide bonds. The Morgan fingerprint density at radius 1 is 1.38 bits per heavy atom. The summed E-state index contributed by atoms with van der Waals surface area (Å²) < 4.78 is 6.92. The molecule has 0 aliphatic heterocycles. The molecule has 5 nitrogen and oxygen atoms in total. The van der Waals surface area contributed by atoms with Crippen LogP contribution >= 0.6 is 11.3 Å². The zero-order chi connectivity index (χ0) is 11.0. The number of aromatic nitrogens is 4. The molecule has 0 spiro atoms. The molecule has 0 aromatic carbocycles. The minimum Gasteiger partial charge on any atom is -0.465 e. The molecule has 3 heterocycles. The SMILES string of the molecule is Cc1nnc2sc(/C=C\c3ccco3)nn12. The van der Waals surface area contributed by atoms with Gasteiger partial charge in [-0.1, -0.05) is 11.3 Å². The Morgan fingerprint density at radius 2 is 2.31 bits per heavy atom. The summed E-state index contributed by atoms with van der Waals surface area (Å²) in [6.45, 7) is 1.87. The molecule has 0 bridgehead atoms. The summed E-state index contributed by atoms with van der Waals surface area (Å²) in [5.74, 6) is 1.60. The van der Waals surface area contributed by atoms with Gasteiger partial charge in [0.25, 0.3) is 0 Å². The van der Waals surface area contributed by atoms with Crippen molar-refractivity contribution in [3.63, 3.8) is 0 Å². The molecule has 0 atom stereocenters. The lowest BCUT2D eigenvalue weighted by Crippen LogP contribution is -1.87. The fourth-order valence-electron chi connectivity index (χ4n) is 1.34. The van der Waals surface area contributed by atoms with E-state index in [1.807, 2.05) is 31.2 Å². The van der Waals surface area contributed by atoms with E-state index in [-0.39, 0.29) is 0 Å². The fourth-order valence-corrected chi connectivity index (χ4v) is 2.12. The predicted octanol–water partition coefficient (Wildman–Crippen LogP) is 2.26. The Hall–Kier alpha value is -1.95. The van der Waals surface area contributed by atoms with Crippen LogP contribution in [0.2, 0.25) is 0 Å². The molecular weight excluding hydrogens is 224 g/mol. The Balaban J connectivity index is 1.95. The van der Waals surface area contributed by atoms with Crippen molar-refractivity contribution in [3.8, 4) is 0 Å². The van der Waals surface area contributed by atoms with Crippen LogP contribution in [0.15, 0.2) is 22.8 Å². The lowest BCUT2D eigenvalue weighted by molar-refractivity contribution is 0.557. The smallest absolute Gasteiger partial charge is 0.234 e. The normalized spacial score (nSPS) is 11.8. The minimum absolute atomic E-state index is 0.795. The minimum atomic E-state index is 0.795. The van der Waals surface area contributed by atoms with Gasteiger partial charge in [-0.3, -0.25) is 0 Å². The van der Waals surface area contributed by atoms with E-state index in [1.54, 1.807) is 10.8 Å². The number of furan rings is 1. The standard InChI is InChI=1S/C10H8N4OS/c1-7-11-12-10-14(7)13-9(16-10)5-4-8-3-2-6-15-8/h2-6H,1H3/b5-4-. The first-order valence-corrected chi connectivity index (χ1v) is 5.55. The average Bonchev–Trinajstić information content (AvgIpc) is 2.95. The van der Waals surface area contributed by atoms with Gasteiger partial charge in [0.1, 0.15) is 10.8 Å². The second-order valence-corrected chi connectivity index (χ2v) is 4.22. The topological polar surface area (TPSA) is 56.2 Å². The van der Waals surface area contributed by atoms with Crippen LogP contribution in [0.3, 0.4) is 0 Å².